The van der Waals surface area contributed by atoms with Crippen LogP contribution in [0.5, 0.6) is 0 Å². The number of alkyl carbamates (subject to hydrolysis) is 1. The minimum absolute atomic E-state index is 0.129. The van der Waals surface area contributed by atoms with Gasteiger partial charge in [0, 0.05) is 4.47 Å². The molecule has 0 fully saturated rings. The fourth-order valence-corrected chi connectivity index (χ4v) is 3.70. The number of rotatable bonds is 6. The quantitative estimate of drug-likeness (QED) is 0.533. The number of hydrogen-bond donors (Lipinski definition) is 2. The summed E-state index contributed by atoms with van der Waals surface area (Å²) < 4.78 is 12.6. The van der Waals surface area contributed by atoms with Gasteiger partial charge in [-0.1, -0.05) is 48.8 Å². The number of halogens is 1. The molecule has 0 aliphatic heterocycles. The van der Waals surface area contributed by atoms with Crippen LogP contribution in [0.1, 0.15) is 53.2 Å². The molecule has 0 aliphatic rings. The third-order valence-electron chi connectivity index (χ3n) is 4.67. The van der Waals surface area contributed by atoms with Crippen molar-refractivity contribution in [1.82, 2.24) is 5.32 Å². The smallest absolute Gasteiger partial charge is 0.408 e. The summed E-state index contributed by atoms with van der Waals surface area (Å²) >= 11 is 3.39. The predicted octanol–water partition coefficient (Wildman–Crippen LogP) is 5.49. The Hall–Kier alpha value is -1.38. The van der Waals surface area contributed by atoms with E-state index >= 15 is 0 Å². The molecule has 28 heavy (non-hydrogen) atoms. The molecule has 0 bridgehead atoms. The van der Waals surface area contributed by atoms with Crippen molar-refractivity contribution in [2.24, 2.45) is 0 Å². The zero-order valence-corrected chi connectivity index (χ0v) is 20.5. The molecule has 0 radical (unpaired) electrons. The first-order chi connectivity index (χ1) is 12.5. The van der Waals surface area contributed by atoms with Crippen LogP contribution >= 0.6 is 15.9 Å². The molecule has 0 saturated carbocycles. The summed E-state index contributed by atoms with van der Waals surface area (Å²) in [5, 5.41) is 12.2. The molecule has 0 aromatic heterocycles. The van der Waals surface area contributed by atoms with Crippen molar-refractivity contribution in [2.45, 2.75) is 77.4 Å². The number of benzene rings is 1. The van der Waals surface area contributed by atoms with Crippen LogP contribution in [0.4, 0.5) is 4.79 Å². The zero-order chi connectivity index (χ0) is 21.9. The van der Waals surface area contributed by atoms with Crippen molar-refractivity contribution in [3.8, 4) is 0 Å². The fourth-order valence-electron chi connectivity index (χ4n) is 2.18. The lowest BCUT2D eigenvalue weighted by atomic mass is 10.0. The van der Waals surface area contributed by atoms with E-state index in [9.17, 15) is 14.7 Å². The molecule has 1 aromatic rings. The molecule has 6 nitrogen and oxygen atoms in total. The molecule has 2 atom stereocenters. The Morgan fingerprint density at radius 1 is 1.07 bits per heavy atom. The minimum Gasteiger partial charge on any atom is -0.480 e. The molecule has 1 aromatic carbocycles. The third kappa shape index (κ3) is 7.22. The van der Waals surface area contributed by atoms with Gasteiger partial charge in [-0.25, -0.2) is 9.59 Å². The highest BCUT2D eigenvalue weighted by Crippen LogP contribution is 2.40. The molecule has 0 heterocycles. The fraction of sp³-hybridized carbons (Fsp3) is 0.600. The van der Waals surface area contributed by atoms with Gasteiger partial charge in [-0.2, -0.15) is 0 Å². The average Bonchev–Trinajstić information content (AvgIpc) is 2.48. The predicted molar refractivity (Wildman–Crippen MR) is 116 cm³/mol. The molecule has 8 heteroatoms. The lowest BCUT2D eigenvalue weighted by Crippen LogP contribution is -2.51. The first-order valence-electron chi connectivity index (χ1n) is 9.19. The summed E-state index contributed by atoms with van der Waals surface area (Å²) in [6.45, 7) is 15.5. The van der Waals surface area contributed by atoms with E-state index in [0.29, 0.717) is 5.56 Å². The minimum atomic E-state index is -2.34. The van der Waals surface area contributed by atoms with E-state index in [1.54, 1.807) is 32.9 Å². The number of aliphatic carboxylic acids is 1. The van der Waals surface area contributed by atoms with E-state index in [1.807, 2.05) is 25.2 Å². The highest BCUT2D eigenvalue weighted by molar-refractivity contribution is 9.10. The van der Waals surface area contributed by atoms with Crippen LogP contribution in [0.15, 0.2) is 28.7 Å². The van der Waals surface area contributed by atoms with Crippen molar-refractivity contribution in [3.63, 3.8) is 0 Å². The monoisotopic (exact) mass is 473 g/mol. The van der Waals surface area contributed by atoms with Gasteiger partial charge in [-0.05, 0) is 56.6 Å². The van der Waals surface area contributed by atoms with Crippen molar-refractivity contribution in [1.29, 1.82) is 0 Å². The molecule has 2 N–H and O–H groups in total. The van der Waals surface area contributed by atoms with E-state index < -0.39 is 38.1 Å². The van der Waals surface area contributed by atoms with E-state index in [-0.39, 0.29) is 5.04 Å². The Labute approximate surface area is 177 Å². The number of ether oxygens (including phenoxy) is 1. The molecular formula is C20H32BrNO5Si. The molecule has 0 unspecified atom stereocenters. The number of amides is 1. The maximum Gasteiger partial charge on any atom is 0.408 e. The molecule has 1 rings (SSSR count). The average molecular weight is 474 g/mol. The lowest BCUT2D eigenvalue weighted by Gasteiger charge is -2.41. The summed E-state index contributed by atoms with van der Waals surface area (Å²) in [7, 11) is -2.34. The molecule has 1 amide bonds. The van der Waals surface area contributed by atoms with Crippen LogP contribution < -0.4 is 5.32 Å². The summed E-state index contributed by atoms with van der Waals surface area (Å²) in [6.07, 6.45) is -1.64. The Kier molecular flexibility index (Phi) is 7.89. The number of carbonyl (C=O) groups excluding carboxylic acids is 1. The first-order valence-corrected chi connectivity index (χ1v) is 12.9. The number of hydrogen-bond acceptors (Lipinski definition) is 4. The van der Waals surface area contributed by atoms with E-state index in [2.05, 4.69) is 42.0 Å². The summed E-state index contributed by atoms with van der Waals surface area (Å²) in [5.74, 6) is -1.18. The Morgan fingerprint density at radius 3 is 1.96 bits per heavy atom. The first kappa shape index (κ1) is 24.7. The Morgan fingerprint density at radius 2 is 1.57 bits per heavy atom. The molecule has 0 saturated heterocycles. The number of carbonyl (C=O) groups is 2. The molecule has 158 valence electrons. The van der Waals surface area contributed by atoms with Crippen LogP contribution in [0.2, 0.25) is 18.1 Å². The zero-order valence-electron chi connectivity index (χ0n) is 17.9. The number of nitrogens with one attached hydrogen (secondary N) is 1. The summed E-state index contributed by atoms with van der Waals surface area (Å²) in [5.41, 5.74) is -0.0583. The van der Waals surface area contributed by atoms with Crippen LogP contribution in [-0.2, 0) is 14.0 Å². The Balaban J connectivity index is 3.30. The van der Waals surface area contributed by atoms with Gasteiger partial charge in [0.1, 0.15) is 11.7 Å². The second-order valence-corrected chi connectivity index (χ2v) is 15.0. The summed E-state index contributed by atoms with van der Waals surface area (Å²) in [6, 6.07) is 5.96. The molecule has 0 aliphatic carbocycles. The van der Waals surface area contributed by atoms with Gasteiger partial charge in [-0.3, -0.25) is 0 Å². The summed E-state index contributed by atoms with van der Waals surface area (Å²) in [4.78, 5) is 24.4. The van der Waals surface area contributed by atoms with Crippen molar-refractivity contribution in [3.05, 3.63) is 34.3 Å². The van der Waals surface area contributed by atoms with Gasteiger partial charge in [-0.15, -0.1) is 0 Å². The third-order valence-corrected chi connectivity index (χ3v) is 9.65. The maximum atomic E-state index is 12.3. The van der Waals surface area contributed by atoms with Gasteiger partial charge >= 0.3 is 12.1 Å². The highest BCUT2D eigenvalue weighted by Gasteiger charge is 2.43. The number of carboxylic acids is 1. The van der Waals surface area contributed by atoms with Crippen molar-refractivity contribution in [2.75, 3.05) is 0 Å². The second kappa shape index (κ2) is 8.96. The highest BCUT2D eigenvalue weighted by atomic mass is 79.9. The van der Waals surface area contributed by atoms with Crippen molar-refractivity contribution < 1.29 is 23.9 Å². The number of carboxylic acid groups (broad SMARTS) is 1. The van der Waals surface area contributed by atoms with E-state index in [0.717, 1.165) is 4.47 Å². The van der Waals surface area contributed by atoms with Gasteiger partial charge in [0.05, 0.1) is 0 Å². The molecule has 0 spiro atoms. The van der Waals surface area contributed by atoms with Gasteiger partial charge < -0.3 is 19.6 Å². The lowest BCUT2D eigenvalue weighted by molar-refractivity contribution is -0.142. The van der Waals surface area contributed by atoms with E-state index in [1.165, 1.54) is 0 Å². The van der Waals surface area contributed by atoms with Gasteiger partial charge in [0.2, 0.25) is 0 Å². The largest absolute Gasteiger partial charge is 0.480 e. The van der Waals surface area contributed by atoms with Crippen molar-refractivity contribution >= 4 is 36.3 Å². The normalized spacial score (nSPS) is 14.9. The van der Waals surface area contributed by atoms with Crippen LogP contribution in [-0.4, -0.2) is 37.1 Å². The van der Waals surface area contributed by atoms with Crippen LogP contribution in [0.3, 0.4) is 0 Å². The molecular weight excluding hydrogens is 442 g/mol. The van der Waals surface area contributed by atoms with Gasteiger partial charge in [0.25, 0.3) is 0 Å². The topological polar surface area (TPSA) is 84.9 Å². The Bertz CT molecular complexity index is 692. The second-order valence-electron chi connectivity index (χ2n) is 9.31. The van der Waals surface area contributed by atoms with Gasteiger partial charge in [0.15, 0.2) is 14.4 Å². The van der Waals surface area contributed by atoms with E-state index in [4.69, 9.17) is 9.16 Å². The maximum absolute atomic E-state index is 12.3. The SMILES string of the molecule is CC(C)(C)OC(=O)N[C@@H](C(=O)O)[C@@H](O[Si](C)(C)C(C)(C)C)c1ccc(Br)cc1. The standard InChI is InChI=1S/C20H32BrNO5Si/c1-19(2,3)26-18(25)22-15(17(23)24)16(13-9-11-14(21)12-10-13)27-28(7,8)20(4,5)6/h9-12,15-16H,1-8H3,(H,22,25)(H,23,24)/t15-,16+/m1/s1. The van der Waals surface area contributed by atoms with Crippen LogP contribution in [0, 0.1) is 0 Å². The van der Waals surface area contributed by atoms with Crippen LogP contribution in [0.25, 0.3) is 0 Å².